The van der Waals surface area contributed by atoms with E-state index in [4.69, 9.17) is 28.9 Å². The van der Waals surface area contributed by atoms with E-state index in [0.29, 0.717) is 0 Å². The summed E-state index contributed by atoms with van der Waals surface area (Å²) in [5.74, 6) is -0.970. The van der Waals surface area contributed by atoms with Crippen LogP contribution in [0.5, 0.6) is 0 Å². The van der Waals surface area contributed by atoms with Gasteiger partial charge in [0.05, 0.1) is 35.0 Å². The van der Waals surface area contributed by atoms with Crippen LogP contribution in [0.1, 0.15) is 99.2 Å². The van der Waals surface area contributed by atoms with E-state index >= 15 is 0 Å². The predicted octanol–water partition coefficient (Wildman–Crippen LogP) is 5.82. The topological polar surface area (TPSA) is 62.7 Å². The summed E-state index contributed by atoms with van der Waals surface area (Å²) in [5.41, 5.74) is 8.84. The first-order valence-electron chi connectivity index (χ1n) is 13.1. The van der Waals surface area contributed by atoms with Crippen molar-refractivity contribution in [1.29, 1.82) is 0 Å². The number of hydrogen-bond acceptors (Lipinski definition) is 6. The zero-order valence-electron chi connectivity index (χ0n) is 21.2. The van der Waals surface area contributed by atoms with Crippen LogP contribution in [0.15, 0.2) is 12.1 Å². The highest BCUT2D eigenvalue weighted by Crippen LogP contribution is 2.50. The fraction of sp³-hybridized carbons (Fsp3) is 0.643. The van der Waals surface area contributed by atoms with Gasteiger partial charge < -0.3 is 18.9 Å². The number of fused-ring (bicyclic) bond motifs is 6. The summed E-state index contributed by atoms with van der Waals surface area (Å²) in [6.07, 6.45) is 5.00. The minimum Gasteiger partial charge on any atom is -0.343 e. The van der Waals surface area contributed by atoms with Crippen LogP contribution in [0, 0.1) is 13.8 Å². The average Bonchev–Trinajstić information content (AvgIpc) is 3.56. The lowest BCUT2D eigenvalue weighted by molar-refractivity contribution is -0.181. The lowest BCUT2D eigenvalue weighted by Crippen LogP contribution is -2.29. The standard InChI is InChI=1S/C28H36N2O4/c1-7-27(8-2)31-21-13-17-15(5)11-19(29-23(17)25(21)33-27)20-12-16(6)18-14-22-26(24(18)30-20)34-28(9-3,10-4)32-22/h11-12,21-22,25-26H,7-10,13-14H2,1-6H3/t21-,22-,25-,26-/m0/s1. The summed E-state index contributed by atoms with van der Waals surface area (Å²) in [7, 11) is 0. The van der Waals surface area contributed by atoms with Crippen molar-refractivity contribution in [1.82, 2.24) is 9.97 Å². The molecule has 6 rings (SSSR count). The molecule has 0 N–H and O–H groups in total. The monoisotopic (exact) mass is 464 g/mol. The summed E-state index contributed by atoms with van der Waals surface area (Å²) >= 11 is 0. The lowest BCUT2D eigenvalue weighted by atomic mass is 10.0. The van der Waals surface area contributed by atoms with E-state index in [1.54, 1.807) is 0 Å². The first kappa shape index (κ1) is 22.6. The molecule has 0 unspecified atom stereocenters. The molecular formula is C28H36N2O4. The number of hydrogen-bond donors (Lipinski definition) is 0. The van der Waals surface area contributed by atoms with Crippen molar-refractivity contribution in [3.63, 3.8) is 0 Å². The highest BCUT2D eigenvalue weighted by atomic mass is 16.8. The SMILES string of the molecule is CCC1(CC)O[C@H]2Cc3c(C)cc(-c4cc(C)c5c(n4)[C@H]4OC(CC)(CC)O[C@H]4C5)nc3[C@H]2O1. The van der Waals surface area contributed by atoms with E-state index in [9.17, 15) is 0 Å². The Morgan fingerprint density at radius 2 is 1.06 bits per heavy atom. The molecule has 4 atom stereocenters. The molecule has 0 saturated carbocycles. The molecule has 0 aromatic carbocycles. The van der Waals surface area contributed by atoms with Crippen LogP contribution in [0.25, 0.3) is 11.4 Å². The van der Waals surface area contributed by atoms with Gasteiger partial charge in [0.2, 0.25) is 0 Å². The van der Waals surface area contributed by atoms with Crippen LogP contribution >= 0.6 is 0 Å². The van der Waals surface area contributed by atoms with E-state index in [2.05, 4.69) is 53.7 Å². The number of ether oxygens (including phenoxy) is 4. The Morgan fingerprint density at radius 1 is 0.676 bits per heavy atom. The Morgan fingerprint density at radius 3 is 1.41 bits per heavy atom. The van der Waals surface area contributed by atoms with Crippen molar-refractivity contribution in [2.24, 2.45) is 0 Å². The van der Waals surface area contributed by atoms with Crippen molar-refractivity contribution in [2.45, 2.75) is 116 Å². The van der Waals surface area contributed by atoms with Gasteiger partial charge in [-0.2, -0.15) is 0 Å². The van der Waals surface area contributed by atoms with Gasteiger partial charge in [-0.05, 0) is 73.9 Å². The Balaban J connectivity index is 1.37. The number of aromatic nitrogens is 2. The van der Waals surface area contributed by atoms with Crippen LogP contribution < -0.4 is 0 Å². The Kier molecular flexibility index (Phi) is 5.20. The van der Waals surface area contributed by atoms with Gasteiger partial charge in [0.1, 0.15) is 12.2 Å². The van der Waals surface area contributed by atoms with Crippen LogP contribution in [-0.2, 0) is 31.8 Å². The molecule has 0 spiro atoms. The van der Waals surface area contributed by atoms with Crippen molar-refractivity contribution < 1.29 is 18.9 Å². The number of nitrogens with zero attached hydrogens (tertiary/aromatic N) is 2. The zero-order valence-corrected chi connectivity index (χ0v) is 21.2. The summed E-state index contributed by atoms with van der Waals surface area (Å²) in [5, 5.41) is 0. The molecule has 2 aliphatic carbocycles. The Hall–Kier alpha value is -1.86. The molecule has 0 amide bonds. The highest BCUT2D eigenvalue weighted by molar-refractivity contribution is 5.61. The summed E-state index contributed by atoms with van der Waals surface area (Å²) in [6.45, 7) is 12.9. The fourth-order valence-corrected chi connectivity index (χ4v) is 6.39. The minimum absolute atomic E-state index is 0.0482. The Bertz CT molecular complexity index is 1050. The summed E-state index contributed by atoms with van der Waals surface area (Å²) in [4.78, 5) is 10.3. The van der Waals surface area contributed by atoms with Crippen LogP contribution in [-0.4, -0.2) is 33.8 Å². The van der Waals surface area contributed by atoms with E-state index in [0.717, 1.165) is 61.3 Å². The quantitative estimate of drug-likeness (QED) is 0.556. The lowest BCUT2D eigenvalue weighted by Gasteiger charge is -2.26. The molecule has 4 aliphatic rings. The maximum absolute atomic E-state index is 6.50. The molecule has 2 aromatic heterocycles. The van der Waals surface area contributed by atoms with Gasteiger partial charge in [-0.1, -0.05) is 27.7 Å². The van der Waals surface area contributed by atoms with Crippen LogP contribution in [0.3, 0.4) is 0 Å². The van der Waals surface area contributed by atoms with Gasteiger partial charge in [-0.15, -0.1) is 0 Å². The molecule has 2 saturated heterocycles. The number of rotatable bonds is 5. The molecule has 2 aromatic rings. The second-order valence-corrected chi connectivity index (χ2v) is 10.4. The minimum atomic E-state index is -0.485. The largest absolute Gasteiger partial charge is 0.343 e. The van der Waals surface area contributed by atoms with Crippen molar-refractivity contribution in [2.75, 3.05) is 0 Å². The second-order valence-electron chi connectivity index (χ2n) is 10.4. The third-order valence-electron chi connectivity index (χ3n) is 8.62. The van der Waals surface area contributed by atoms with Crippen molar-refractivity contribution >= 4 is 0 Å². The van der Waals surface area contributed by atoms with E-state index in [1.165, 1.54) is 22.3 Å². The van der Waals surface area contributed by atoms with Gasteiger partial charge in [-0.3, -0.25) is 0 Å². The molecule has 0 bridgehead atoms. The highest BCUT2D eigenvalue weighted by Gasteiger charge is 2.52. The third kappa shape index (κ3) is 3.15. The molecule has 34 heavy (non-hydrogen) atoms. The van der Waals surface area contributed by atoms with Gasteiger partial charge in [0.25, 0.3) is 0 Å². The maximum atomic E-state index is 6.50. The van der Waals surface area contributed by atoms with Gasteiger partial charge in [-0.25, -0.2) is 9.97 Å². The number of aryl methyl sites for hydroxylation is 2. The molecule has 0 radical (unpaired) electrons. The normalized spacial score (nSPS) is 29.7. The first-order valence-corrected chi connectivity index (χ1v) is 13.1. The molecular weight excluding hydrogens is 428 g/mol. The summed E-state index contributed by atoms with van der Waals surface area (Å²) < 4.78 is 25.8. The second kappa shape index (κ2) is 7.82. The first-order chi connectivity index (χ1) is 16.3. The average molecular weight is 465 g/mol. The van der Waals surface area contributed by atoms with Crippen molar-refractivity contribution in [3.05, 3.63) is 45.8 Å². The molecule has 2 aliphatic heterocycles. The van der Waals surface area contributed by atoms with E-state index in [1.807, 2.05) is 0 Å². The molecule has 6 heteroatoms. The van der Waals surface area contributed by atoms with Gasteiger partial charge in [0, 0.05) is 12.8 Å². The Labute approximate surface area is 202 Å². The van der Waals surface area contributed by atoms with Crippen LogP contribution in [0.4, 0.5) is 0 Å². The van der Waals surface area contributed by atoms with Gasteiger partial charge >= 0.3 is 0 Å². The van der Waals surface area contributed by atoms with E-state index < -0.39 is 11.6 Å². The molecule has 182 valence electrons. The van der Waals surface area contributed by atoms with E-state index in [-0.39, 0.29) is 24.4 Å². The smallest absolute Gasteiger partial charge is 0.169 e. The van der Waals surface area contributed by atoms with Crippen LogP contribution in [0.2, 0.25) is 0 Å². The molecule has 6 nitrogen and oxygen atoms in total. The third-order valence-corrected chi connectivity index (χ3v) is 8.62. The number of pyridine rings is 2. The molecule has 2 fully saturated rings. The zero-order chi connectivity index (χ0) is 23.8. The molecule has 4 heterocycles. The maximum Gasteiger partial charge on any atom is 0.169 e. The van der Waals surface area contributed by atoms with Gasteiger partial charge in [0.15, 0.2) is 11.6 Å². The fourth-order valence-electron chi connectivity index (χ4n) is 6.39. The van der Waals surface area contributed by atoms with Crippen molar-refractivity contribution in [3.8, 4) is 11.4 Å². The summed E-state index contributed by atoms with van der Waals surface area (Å²) in [6, 6.07) is 4.34. The predicted molar refractivity (Wildman–Crippen MR) is 128 cm³/mol.